The van der Waals surface area contributed by atoms with Crippen molar-refractivity contribution in [3.05, 3.63) is 127 Å². The number of likely N-dealkylation sites (N-methyl/N-ethyl adjacent to an activating group) is 1. The average molecular weight is 1100 g/mol. The topological polar surface area (TPSA) is 178 Å². The van der Waals surface area contributed by atoms with Crippen molar-refractivity contribution in [1.29, 1.82) is 0 Å². The Morgan fingerprint density at radius 1 is 0.689 bits per heavy atom. The first kappa shape index (κ1) is 55.7. The van der Waals surface area contributed by atoms with Crippen LogP contribution in [-0.4, -0.2) is 132 Å². The van der Waals surface area contributed by atoms with E-state index in [1.807, 2.05) is 48.5 Å². The molecule has 9 heterocycles. The number of benzene rings is 3. The van der Waals surface area contributed by atoms with Gasteiger partial charge in [0, 0.05) is 59.8 Å². The maximum Gasteiger partial charge on any atom is 0.394 e. The van der Waals surface area contributed by atoms with E-state index < -0.39 is 22.6 Å². The minimum absolute atomic E-state index is 0. The van der Waals surface area contributed by atoms with Gasteiger partial charge in [-0.15, -0.1) is 30.1 Å². The summed E-state index contributed by atoms with van der Waals surface area (Å²) in [5.74, 6) is 5.93. The lowest BCUT2D eigenvalue weighted by Gasteiger charge is -2.58. The highest BCUT2D eigenvalue weighted by molar-refractivity contribution is 8.93. The van der Waals surface area contributed by atoms with Crippen LogP contribution in [0.3, 0.4) is 0 Å². The summed E-state index contributed by atoms with van der Waals surface area (Å²) in [7, 11) is 2.78. The summed E-state index contributed by atoms with van der Waals surface area (Å²) >= 11 is 0. The first-order valence-electron chi connectivity index (χ1n) is 26.2. The average Bonchev–Trinajstić information content (AvgIpc) is 3.42. The van der Waals surface area contributed by atoms with Crippen LogP contribution in [0.5, 0.6) is 17.2 Å². The molecule has 4 unspecified atom stereocenters. The third-order valence-corrected chi connectivity index (χ3v) is 18.0. The van der Waals surface area contributed by atoms with Crippen LogP contribution in [-0.2, 0) is 22.2 Å². The smallest absolute Gasteiger partial charge is 0.394 e. The van der Waals surface area contributed by atoms with Gasteiger partial charge in [-0.05, 0) is 191 Å². The van der Waals surface area contributed by atoms with Crippen LogP contribution in [0.2, 0.25) is 0 Å². The largest absolute Gasteiger partial charge is 0.497 e. The van der Waals surface area contributed by atoms with Gasteiger partial charge in [0.25, 0.3) is 0 Å². The van der Waals surface area contributed by atoms with Crippen molar-refractivity contribution < 1.29 is 41.9 Å². The quantitative estimate of drug-likeness (QED) is 0.0810. The number of methoxy groups -OCH3 is 3. The van der Waals surface area contributed by atoms with Gasteiger partial charge in [-0.3, -0.25) is 28.9 Å². The molecule has 16 heteroatoms. The van der Waals surface area contributed by atoms with Gasteiger partial charge in [0.2, 0.25) is 0 Å². The summed E-state index contributed by atoms with van der Waals surface area (Å²) < 4.78 is 47.8. The molecular formula is C58H76BrN5O9S. The van der Waals surface area contributed by atoms with Gasteiger partial charge in [0.05, 0.1) is 44.6 Å². The number of piperidine rings is 7. The molecule has 4 N–H and O–H groups in total. The molecule has 7 saturated heterocycles. The van der Waals surface area contributed by atoms with Crippen molar-refractivity contribution in [3.8, 4) is 17.2 Å². The zero-order valence-corrected chi connectivity index (χ0v) is 45.9. The van der Waals surface area contributed by atoms with Crippen molar-refractivity contribution >= 4 is 49.2 Å². The molecule has 7 aliphatic heterocycles. The van der Waals surface area contributed by atoms with Crippen molar-refractivity contribution in [2.45, 2.75) is 100.0 Å². The van der Waals surface area contributed by atoms with E-state index in [0.717, 1.165) is 101 Å². The number of hydrogen-bond acceptors (Lipinski definition) is 12. The highest BCUT2D eigenvalue weighted by atomic mass is 79.9. The van der Waals surface area contributed by atoms with Crippen LogP contribution >= 0.6 is 17.0 Å². The van der Waals surface area contributed by atoms with E-state index in [4.69, 9.17) is 31.7 Å². The Balaban J connectivity index is 0.000000141. The fourth-order valence-corrected chi connectivity index (χ4v) is 14.2. The summed E-state index contributed by atoms with van der Waals surface area (Å²) in [6.07, 6.45) is 19.5. The Morgan fingerprint density at radius 2 is 1.18 bits per heavy atom. The van der Waals surface area contributed by atoms with Gasteiger partial charge >= 0.3 is 10.4 Å². The Kier molecular flexibility index (Phi) is 17.9. The predicted octanol–water partition coefficient (Wildman–Crippen LogP) is 9.65. The Bertz CT molecular complexity index is 2740. The molecule has 74 heavy (non-hydrogen) atoms. The lowest BCUT2D eigenvalue weighted by Crippen LogP contribution is -2.59. The summed E-state index contributed by atoms with van der Waals surface area (Å²) in [6, 6.07) is 23.5. The molecule has 3 aromatic carbocycles. The van der Waals surface area contributed by atoms with Crippen LogP contribution in [0, 0.1) is 29.6 Å². The Labute approximate surface area is 448 Å². The van der Waals surface area contributed by atoms with Gasteiger partial charge in [-0.2, -0.15) is 8.42 Å². The number of aliphatic hydroxyl groups is 2. The maximum atomic E-state index is 11.2. The Morgan fingerprint density at radius 3 is 1.64 bits per heavy atom. The Hall–Kier alpha value is -4.49. The van der Waals surface area contributed by atoms with Crippen LogP contribution in [0.15, 0.2) is 104 Å². The van der Waals surface area contributed by atoms with E-state index in [1.54, 1.807) is 44.8 Å². The third-order valence-electron chi connectivity index (χ3n) is 18.0. The van der Waals surface area contributed by atoms with Gasteiger partial charge in [-0.25, -0.2) is 0 Å². The molecule has 0 amide bonds. The lowest BCUT2D eigenvalue weighted by molar-refractivity contribution is -0.0445. The van der Waals surface area contributed by atoms with Crippen LogP contribution in [0.1, 0.15) is 92.2 Å². The molecule has 9 aliphatic rings. The van der Waals surface area contributed by atoms with Gasteiger partial charge in [0.1, 0.15) is 17.2 Å². The molecule has 2 aliphatic carbocycles. The molecule has 5 aromatic rings. The highest BCUT2D eigenvalue weighted by Gasteiger charge is 2.53. The van der Waals surface area contributed by atoms with Crippen molar-refractivity contribution in [1.82, 2.24) is 24.7 Å². The molecule has 0 spiro atoms. The molecule has 14 rings (SSSR count). The van der Waals surface area contributed by atoms with E-state index in [2.05, 4.69) is 75.2 Å². The molecule has 1 saturated carbocycles. The number of likely N-dealkylation sites (tertiary alicyclic amines) is 1. The zero-order chi connectivity index (χ0) is 51.6. The number of halogens is 1. The van der Waals surface area contributed by atoms with E-state index in [1.165, 1.54) is 57.9 Å². The second-order valence-corrected chi connectivity index (χ2v) is 22.3. The second-order valence-electron chi connectivity index (χ2n) is 21.4. The van der Waals surface area contributed by atoms with E-state index >= 15 is 0 Å². The number of aromatic nitrogens is 2. The molecular weight excluding hydrogens is 1020 g/mol. The summed E-state index contributed by atoms with van der Waals surface area (Å²) in [5, 5.41) is 24.3. The zero-order valence-electron chi connectivity index (χ0n) is 43.3. The van der Waals surface area contributed by atoms with Crippen LogP contribution in [0.4, 0.5) is 0 Å². The van der Waals surface area contributed by atoms with Gasteiger partial charge in [0.15, 0.2) is 0 Å². The SMILES string of the molecule is Br.C=C[C@H]1CN2CCC1C[C@@H]2[C@@H](O)c1ccnc2ccc(OC)cc12.C=C[C@H]1CN2CCC1C[C@@H]2[C@@H](O)c1ccnc2ccc(OC)cc12.COc1ccc2c(c1)[C@]13CCCC[C@@H]1[C@H](C2)N(C)CC3.O=S(=O)(O)O. The molecule has 400 valence electrons. The number of rotatable bonds is 9. The van der Waals surface area contributed by atoms with Gasteiger partial charge < -0.3 is 29.3 Å². The van der Waals surface area contributed by atoms with E-state index in [0.29, 0.717) is 29.1 Å². The van der Waals surface area contributed by atoms with Crippen LogP contribution in [0.25, 0.3) is 21.8 Å². The summed E-state index contributed by atoms with van der Waals surface area (Å²) in [4.78, 5) is 16.3. The fourth-order valence-electron chi connectivity index (χ4n) is 14.2. The van der Waals surface area contributed by atoms with E-state index in [-0.39, 0.29) is 29.1 Å². The predicted molar refractivity (Wildman–Crippen MR) is 296 cm³/mol. The molecule has 0 radical (unpaired) electrons. The monoisotopic (exact) mass is 1100 g/mol. The molecule has 2 aromatic heterocycles. The number of ether oxygens (including phenoxy) is 3. The number of fused-ring (bicyclic) bond motifs is 9. The normalized spacial score (nSPS) is 30.2. The molecule has 6 bridgehead atoms. The molecule has 14 nitrogen and oxygen atoms in total. The van der Waals surface area contributed by atoms with Crippen molar-refractivity contribution in [3.63, 3.8) is 0 Å². The summed E-state index contributed by atoms with van der Waals surface area (Å²) in [5.41, 5.74) is 7.36. The highest BCUT2D eigenvalue weighted by Crippen LogP contribution is 2.56. The maximum absolute atomic E-state index is 11.2. The number of pyridine rings is 2. The molecule has 8 fully saturated rings. The number of aliphatic hydroxyl groups excluding tert-OH is 2. The lowest BCUT2D eigenvalue weighted by atomic mass is 9.52. The second kappa shape index (κ2) is 23.8. The van der Waals surface area contributed by atoms with Crippen molar-refractivity contribution in [2.24, 2.45) is 29.6 Å². The number of hydrogen-bond donors (Lipinski definition) is 4. The first-order chi connectivity index (χ1) is 35.2. The standard InChI is InChI=1S/2C20H24N2O2.C18H25NO.BrH.H2O4S/c2*1-3-13-12-22-9-7-14(13)10-19(22)20(23)16-6-8-21-18-5-4-15(24-2)11-17(16)18;1-19-10-9-18-8-4-3-5-15(18)17(19)11-13-6-7-14(20-2)12-16(13)18;;1-5(2,3)4/h2*3-6,8,11,13-14,19-20,23H,1,7,9-10,12H2,2H3;6-7,12,15,17H,3-5,8-11H2,1-2H3;1H;(H2,1,2,3,4)/t2*13-,14?,19+,20-;15-,17+,18+;;/m001../s1. The number of nitrogens with zero attached hydrogens (tertiary/aromatic N) is 5. The van der Waals surface area contributed by atoms with Crippen LogP contribution < -0.4 is 14.2 Å². The van der Waals surface area contributed by atoms with Crippen molar-refractivity contribution in [2.75, 3.05) is 61.1 Å². The minimum Gasteiger partial charge on any atom is -0.497 e. The van der Waals surface area contributed by atoms with Gasteiger partial charge in [-0.1, -0.05) is 31.1 Å². The van der Waals surface area contributed by atoms with E-state index in [9.17, 15) is 10.2 Å². The third kappa shape index (κ3) is 11.6. The molecule has 13 atom stereocenters. The first-order valence-corrected chi connectivity index (χ1v) is 27.6. The summed E-state index contributed by atoms with van der Waals surface area (Å²) in [6.45, 7) is 13.4. The fraction of sp³-hybridized carbons (Fsp3) is 0.517. The minimum atomic E-state index is -4.67.